The van der Waals surface area contributed by atoms with Crippen molar-refractivity contribution in [2.45, 2.75) is 33.7 Å². The first-order valence-corrected chi connectivity index (χ1v) is 8.05. The number of amides is 2. The summed E-state index contributed by atoms with van der Waals surface area (Å²) in [6.07, 6.45) is 0. The molecule has 24 heavy (non-hydrogen) atoms. The largest absolute Gasteiger partial charge is 0.497 e. The van der Waals surface area contributed by atoms with Gasteiger partial charge in [-0.1, -0.05) is 20.8 Å². The predicted octanol–water partition coefficient (Wildman–Crippen LogP) is 2.31. The van der Waals surface area contributed by atoms with Crippen molar-refractivity contribution in [1.82, 2.24) is 4.90 Å². The van der Waals surface area contributed by atoms with Gasteiger partial charge in [0.05, 0.1) is 19.9 Å². The Bertz CT molecular complexity index is 636. The molecule has 1 unspecified atom stereocenters. The summed E-state index contributed by atoms with van der Waals surface area (Å²) in [7, 11) is 3.14. The van der Waals surface area contributed by atoms with Gasteiger partial charge in [-0.05, 0) is 19.1 Å². The Morgan fingerprint density at radius 1 is 1.17 bits per heavy atom. The van der Waals surface area contributed by atoms with E-state index in [0.717, 1.165) is 0 Å². The maximum atomic E-state index is 12.8. The van der Waals surface area contributed by atoms with Gasteiger partial charge in [-0.15, -0.1) is 0 Å². The molecule has 0 bridgehead atoms. The van der Waals surface area contributed by atoms with E-state index >= 15 is 0 Å². The maximum Gasteiger partial charge on any atom is 0.249 e. The van der Waals surface area contributed by atoms with Crippen molar-refractivity contribution in [2.75, 3.05) is 32.2 Å². The Kier molecular flexibility index (Phi) is 5.06. The van der Waals surface area contributed by atoms with Gasteiger partial charge in [0.15, 0.2) is 0 Å². The van der Waals surface area contributed by atoms with E-state index < -0.39 is 11.5 Å². The van der Waals surface area contributed by atoms with Gasteiger partial charge >= 0.3 is 0 Å². The van der Waals surface area contributed by atoms with Crippen LogP contribution in [0.25, 0.3) is 0 Å². The third kappa shape index (κ3) is 3.32. The number of hydrogen-bond acceptors (Lipinski definition) is 4. The first-order chi connectivity index (χ1) is 11.2. The highest BCUT2D eigenvalue weighted by molar-refractivity contribution is 6.01. The fraction of sp³-hybridized carbons (Fsp3) is 0.556. The summed E-state index contributed by atoms with van der Waals surface area (Å²) in [4.78, 5) is 28.7. The number of carbonyl (C=O) groups excluding carboxylic acids is 2. The SMILES string of the molecule is COc1ccc(N2CCN(C(=O)C(C)(C)C)C(C)C2=O)c(OC)c1. The fourth-order valence-electron chi connectivity index (χ4n) is 2.83. The number of ether oxygens (including phenoxy) is 2. The molecule has 0 spiro atoms. The standard InChI is InChI=1S/C18H26N2O4/c1-12-16(21)20(10-9-19(12)17(22)18(2,3)4)14-8-7-13(23-5)11-15(14)24-6/h7-8,11-12H,9-10H2,1-6H3. The molecule has 1 heterocycles. The van der Waals surface area contributed by atoms with Crippen LogP contribution < -0.4 is 14.4 Å². The Morgan fingerprint density at radius 3 is 2.38 bits per heavy atom. The molecule has 2 amide bonds. The van der Waals surface area contributed by atoms with Crippen LogP contribution in [0.1, 0.15) is 27.7 Å². The molecular formula is C18H26N2O4. The molecule has 1 aliphatic heterocycles. The fourth-order valence-corrected chi connectivity index (χ4v) is 2.83. The quantitative estimate of drug-likeness (QED) is 0.851. The average Bonchev–Trinajstić information content (AvgIpc) is 2.55. The van der Waals surface area contributed by atoms with E-state index in [1.54, 1.807) is 43.1 Å². The number of hydrogen-bond donors (Lipinski definition) is 0. The summed E-state index contributed by atoms with van der Waals surface area (Å²) >= 11 is 0. The van der Waals surface area contributed by atoms with Gasteiger partial charge in [0.1, 0.15) is 17.5 Å². The number of anilines is 1. The number of piperazine rings is 1. The summed E-state index contributed by atoms with van der Waals surface area (Å²) < 4.78 is 10.6. The molecule has 1 aromatic carbocycles. The second-order valence-corrected chi connectivity index (χ2v) is 6.95. The van der Waals surface area contributed by atoms with Crippen LogP contribution in [0.4, 0.5) is 5.69 Å². The van der Waals surface area contributed by atoms with Crippen LogP contribution in [0.2, 0.25) is 0 Å². The second-order valence-electron chi connectivity index (χ2n) is 6.95. The Hall–Kier alpha value is -2.24. The van der Waals surface area contributed by atoms with Gasteiger partial charge in [-0.3, -0.25) is 9.59 Å². The Morgan fingerprint density at radius 2 is 1.83 bits per heavy atom. The van der Waals surface area contributed by atoms with Crippen LogP contribution in [0.3, 0.4) is 0 Å². The van der Waals surface area contributed by atoms with Crippen LogP contribution in [0, 0.1) is 5.41 Å². The van der Waals surface area contributed by atoms with Crippen molar-refractivity contribution < 1.29 is 19.1 Å². The molecule has 0 radical (unpaired) electrons. The van der Waals surface area contributed by atoms with Crippen LogP contribution in [-0.2, 0) is 9.59 Å². The number of benzene rings is 1. The summed E-state index contributed by atoms with van der Waals surface area (Å²) in [5.74, 6) is 1.12. The van der Waals surface area contributed by atoms with E-state index in [9.17, 15) is 9.59 Å². The monoisotopic (exact) mass is 334 g/mol. The van der Waals surface area contributed by atoms with Crippen molar-refractivity contribution in [3.05, 3.63) is 18.2 Å². The molecule has 0 aromatic heterocycles. The van der Waals surface area contributed by atoms with E-state index in [0.29, 0.717) is 30.3 Å². The van der Waals surface area contributed by atoms with E-state index in [-0.39, 0.29) is 11.8 Å². The highest BCUT2D eigenvalue weighted by Crippen LogP contribution is 2.34. The topological polar surface area (TPSA) is 59.1 Å². The summed E-state index contributed by atoms with van der Waals surface area (Å²) in [5.41, 5.74) is 0.187. The maximum absolute atomic E-state index is 12.8. The molecule has 1 aromatic rings. The zero-order valence-electron chi connectivity index (χ0n) is 15.3. The molecule has 0 N–H and O–H groups in total. The van der Waals surface area contributed by atoms with Crippen LogP contribution in [0.15, 0.2) is 18.2 Å². The molecule has 1 atom stereocenters. The zero-order chi connectivity index (χ0) is 18.1. The first-order valence-electron chi connectivity index (χ1n) is 8.05. The minimum atomic E-state index is -0.505. The van der Waals surface area contributed by atoms with Gasteiger partial charge in [0, 0.05) is 24.6 Å². The smallest absolute Gasteiger partial charge is 0.249 e. The minimum Gasteiger partial charge on any atom is -0.497 e. The van der Waals surface area contributed by atoms with E-state index in [1.807, 2.05) is 26.8 Å². The van der Waals surface area contributed by atoms with E-state index in [1.165, 1.54) is 0 Å². The predicted molar refractivity (Wildman–Crippen MR) is 92.5 cm³/mol. The number of nitrogens with zero attached hydrogens (tertiary/aromatic N) is 2. The van der Waals surface area contributed by atoms with Crippen molar-refractivity contribution in [3.8, 4) is 11.5 Å². The lowest BCUT2D eigenvalue weighted by molar-refractivity contribution is -0.147. The second kappa shape index (κ2) is 6.71. The van der Waals surface area contributed by atoms with Crippen molar-refractivity contribution >= 4 is 17.5 Å². The molecular weight excluding hydrogens is 308 g/mol. The van der Waals surface area contributed by atoms with Gasteiger partial charge in [0.25, 0.3) is 0 Å². The lowest BCUT2D eigenvalue weighted by Gasteiger charge is -2.41. The number of methoxy groups -OCH3 is 2. The van der Waals surface area contributed by atoms with Gasteiger partial charge in [-0.25, -0.2) is 0 Å². The molecule has 6 nitrogen and oxygen atoms in total. The van der Waals surface area contributed by atoms with Gasteiger partial charge < -0.3 is 19.3 Å². The van der Waals surface area contributed by atoms with Crippen LogP contribution in [-0.4, -0.2) is 50.1 Å². The van der Waals surface area contributed by atoms with Gasteiger partial charge in [0.2, 0.25) is 11.8 Å². The minimum absolute atomic E-state index is 0.00954. The summed E-state index contributed by atoms with van der Waals surface area (Å²) in [6, 6.07) is 4.85. The zero-order valence-corrected chi connectivity index (χ0v) is 15.3. The molecule has 1 fully saturated rings. The Balaban J connectivity index is 2.28. The van der Waals surface area contributed by atoms with Gasteiger partial charge in [-0.2, -0.15) is 0 Å². The van der Waals surface area contributed by atoms with Crippen molar-refractivity contribution in [2.24, 2.45) is 5.41 Å². The molecule has 0 aliphatic carbocycles. The van der Waals surface area contributed by atoms with Crippen molar-refractivity contribution in [3.63, 3.8) is 0 Å². The normalized spacial score (nSPS) is 18.6. The summed E-state index contributed by atoms with van der Waals surface area (Å²) in [6.45, 7) is 8.31. The molecule has 132 valence electrons. The highest BCUT2D eigenvalue weighted by Gasteiger charge is 2.39. The molecule has 2 rings (SSSR count). The lowest BCUT2D eigenvalue weighted by Crippen LogP contribution is -2.59. The first kappa shape index (κ1) is 18.1. The molecule has 6 heteroatoms. The van der Waals surface area contributed by atoms with Crippen LogP contribution in [0.5, 0.6) is 11.5 Å². The third-order valence-electron chi connectivity index (χ3n) is 4.24. The summed E-state index contributed by atoms with van der Waals surface area (Å²) in [5, 5.41) is 0. The number of rotatable bonds is 3. The molecule has 1 saturated heterocycles. The average molecular weight is 334 g/mol. The lowest BCUT2D eigenvalue weighted by atomic mass is 9.93. The van der Waals surface area contributed by atoms with E-state index in [2.05, 4.69) is 0 Å². The Labute approximate surface area is 143 Å². The number of carbonyl (C=O) groups is 2. The third-order valence-corrected chi connectivity index (χ3v) is 4.24. The molecule has 1 aliphatic rings. The van der Waals surface area contributed by atoms with E-state index in [4.69, 9.17) is 9.47 Å². The van der Waals surface area contributed by atoms with Crippen LogP contribution >= 0.6 is 0 Å². The van der Waals surface area contributed by atoms with Crippen molar-refractivity contribution in [1.29, 1.82) is 0 Å². The molecule has 0 saturated carbocycles. The highest BCUT2D eigenvalue weighted by atomic mass is 16.5.